The SMILES string of the molecule is Cc1nc(NC(C)c2sc(C)nc2C)c(N)[nH]1. The Morgan fingerprint density at radius 1 is 1.29 bits per heavy atom. The minimum atomic E-state index is 0.159. The largest absolute Gasteiger partial charge is 0.382 e. The van der Waals surface area contributed by atoms with Crippen LogP contribution in [0.3, 0.4) is 0 Å². The number of anilines is 2. The predicted molar refractivity (Wildman–Crippen MR) is 71.4 cm³/mol. The molecule has 0 aliphatic carbocycles. The summed E-state index contributed by atoms with van der Waals surface area (Å²) in [5, 5.41) is 4.39. The number of aromatic nitrogens is 3. The number of H-pyrrole nitrogens is 1. The van der Waals surface area contributed by atoms with Gasteiger partial charge in [-0.25, -0.2) is 9.97 Å². The van der Waals surface area contributed by atoms with Crippen molar-refractivity contribution in [3.63, 3.8) is 0 Å². The summed E-state index contributed by atoms with van der Waals surface area (Å²) in [4.78, 5) is 12.9. The van der Waals surface area contributed by atoms with Crippen LogP contribution in [0.25, 0.3) is 0 Å². The zero-order valence-electron chi connectivity index (χ0n) is 10.5. The van der Waals surface area contributed by atoms with Gasteiger partial charge in [-0.1, -0.05) is 0 Å². The minimum absolute atomic E-state index is 0.159. The molecule has 0 aromatic carbocycles. The predicted octanol–water partition coefficient (Wildman–Crippen LogP) is 2.55. The molecule has 0 fully saturated rings. The molecule has 17 heavy (non-hydrogen) atoms. The van der Waals surface area contributed by atoms with E-state index in [9.17, 15) is 0 Å². The van der Waals surface area contributed by atoms with Crippen molar-refractivity contribution in [3.8, 4) is 0 Å². The van der Waals surface area contributed by atoms with Crippen LogP contribution in [0.2, 0.25) is 0 Å². The maximum Gasteiger partial charge on any atom is 0.169 e. The molecule has 4 N–H and O–H groups in total. The Labute approximate surface area is 104 Å². The molecular formula is C11H17N5S. The molecule has 1 atom stereocenters. The molecule has 2 aromatic rings. The lowest BCUT2D eigenvalue weighted by Crippen LogP contribution is -2.08. The Kier molecular flexibility index (Phi) is 3.06. The topological polar surface area (TPSA) is 79.6 Å². The number of thiazole rings is 1. The van der Waals surface area contributed by atoms with E-state index in [0.29, 0.717) is 11.6 Å². The maximum absolute atomic E-state index is 5.82. The average molecular weight is 251 g/mol. The lowest BCUT2D eigenvalue weighted by Gasteiger charge is -2.12. The lowest BCUT2D eigenvalue weighted by atomic mass is 10.2. The van der Waals surface area contributed by atoms with Gasteiger partial charge in [0.2, 0.25) is 0 Å². The van der Waals surface area contributed by atoms with E-state index < -0.39 is 0 Å². The summed E-state index contributed by atoms with van der Waals surface area (Å²) in [5.74, 6) is 2.10. The fourth-order valence-electron chi connectivity index (χ4n) is 1.84. The minimum Gasteiger partial charge on any atom is -0.382 e. The van der Waals surface area contributed by atoms with E-state index in [-0.39, 0.29) is 6.04 Å². The van der Waals surface area contributed by atoms with Crippen LogP contribution in [0.5, 0.6) is 0 Å². The number of hydrogen-bond donors (Lipinski definition) is 3. The maximum atomic E-state index is 5.82. The molecule has 2 heterocycles. The fraction of sp³-hybridized carbons (Fsp3) is 0.455. The Hall–Kier alpha value is -1.56. The highest BCUT2D eigenvalue weighted by molar-refractivity contribution is 7.11. The molecule has 1 unspecified atom stereocenters. The summed E-state index contributed by atoms with van der Waals surface area (Å²) < 4.78 is 0. The number of rotatable bonds is 3. The molecule has 2 aromatic heterocycles. The first-order valence-corrected chi connectivity index (χ1v) is 6.31. The van der Waals surface area contributed by atoms with E-state index in [1.165, 1.54) is 4.88 Å². The number of nitrogen functional groups attached to an aromatic ring is 1. The van der Waals surface area contributed by atoms with Gasteiger partial charge in [-0.05, 0) is 27.7 Å². The van der Waals surface area contributed by atoms with Gasteiger partial charge in [0.1, 0.15) is 11.6 Å². The van der Waals surface area contributed by atoms with Gasteiger partial charge in [-0.2, -0.15) is 0 Å². The molecule has 0 saturated carbocycles. The molecule has 0 radical (unpaired) electrons. The summed E-state index contributed by atoms with van der Waals surface area (Å²) >= 11 is 1.70. The van der Waals surface area contributed by atoms with Gasteiger partial charge in [0.25, 0.3) is 0 Å². The van der Waals surface area contributed by atoms with Crippen molar-refractivity contribution in [1.29, 1.82) is 0 Å². The van der Waals surface area contributed by atoms with Crippen molar-refractivity contribution in [1.82, 2.24) is 15.0 Å². The molecule has 0 aliphatic heterocycles. The summed E-state index contributed by atoms with van der Waals surface area (Å²) in [6.07, 6.45) is 0. The standard InChI is InChI=1S/C11H17N5S/c1-5-9(17-8(4)13-5)6(2)14-11-10(12)15-7(3)16-11/h6,14H,12H2,1-4H3,(H,15,16). The third-order valence-electron chi connectivity index (χ3n) is 2.54. The van der Waals surface area contributed by atoms with Crippen LogP contribution in [-0.2, 0) is 0 Å². The fourth-order valence-corrected chi connectivity index (χ4v) is 2.77. The first-order chi connectivity index (χ1) is 7.97. The second kappa shape index (κ2) is 4.37. The van der Waals surface area contributed by atoms with Crippen LogP contribution in [0.15, 0.2) is 0 Å². The molecule has 0 amide bonds. The monoisotopic (exact) mass is 251 g/mol. The first-order valence-electron chi connectivity index (χ1n) is 5.50. The van der Waals surface area contributed by atoms with Crippen molar-refractivity contribution < 1.29 is 0 Å². The van der Waals surface area contributed by atoms with Crippen LogP contribution < -0.4 is 11.1 Å². The second-order valence-corrected chi connectivity index (χ2v) is 5.37. The normalized spacial score (nSPS) is 12.7. The van der Waals surface area contributed by atoms with E-state index in [1.807, 2.05) is 20.8 Å². The molecule has 0 saturated heterocycles. The highest BCUT2D eigenvalue weighted by atomic mass is 32.1. The van der Waals surface area contributed by atoms with Crippen LogP contribution in [0, 0.1) is 20.8 Å². The molecule has 0 spiro atoms. The number of aromatic amines is 1. The van der Waals surface area contributed by atoms with Gasteiger partial charge >= 0.3 is 0 Å². The van der Waals surface area contributed by atoms with Gasteiger partial charge in [0, 0.05) is 4.88 Å². The molecule has 0 bridgehead atoms. The summed E-state index contributed by atoms with van der Waals surface area (Å²) in [7, 11) is 0. The highest BCUT2D eigenvalue weighted by Crippen LogP contribution is 2.28. The number of aryl methyl sites for hydroxylation is 3. The summed E-state index contributed by atoms with van der Waals surface area (Å²) in [6.45, 7) is 8.01. The molecule has 2 rings (SSSR count). The number of nitrogens with two attached hydrogens (primary N) is 1. The van der Waals surface area contributed by atoms with Crippen LogP contribution in [-0.4, -0.2) is 15.0 Å². The van der Waals surface area contributed by atoms with E-state index in [1.54, 1.807) is 11.3 Å². The van der Waals surface area contributed by atoms with Crippen LogP contribution in [0.4, 0.5) is 11.6 Å². The third kappa shape index (κ3) is 2.41. The van der Waals surface area contributed by atoms with E-state index in [4.69, 9.17) is 5.73 Å². The van der Waals surface area contributed by atoms with Crippen molar-refractivity contribution in [2.24, 2.45) is 0 Å². The van der Waals surface area contributed by atoms with Crippen LogP contribution >= 0.6 is 11.3 Å². The Morgan fingerprint density at radius 2 is 2.00 bits per heavy atom. The summed E-state index contributed by atoms with van der Waals surface area (Å²) in [5.41, 5.74) is 6.89. The van der Waals surface area contributed by atoms with Crippen molar-refractivity contribution in [2.45, 2.75) is 33.7 Å². The third-order valence-corrected chi connectivity index (χ3v) is 3.79. The quantitative estimate of drug-likeness (QED) is 0.783. The number of nitrogens with zero attached hydrogens (tertiary/aromatic N) is 2. The smallest absolute Gasteiger partial charge is 0.169 e. The Bertz CT molecular complexity index is 528. The van der Waals surface area contributed by atoms with Crippen LogP contribution in [0.1, 0.15) is 34.4 Å². The molecular weight excluding hydrogens is 234 g/mol. The van der Waals surface area contributed by atoms with E-state index >= 15 is 0 Å². The van der Waals surface area contributed by atoms with Crippen molar-refractivity contribution in [2.75, 3.05) is 11.1 Å². The average Bonchev–Trinajstić information content (AvgIpc) is 2.70. The van der Waals surface area contributed by atoms with E-state index in [0.717, 1.165) is 16.5 Å². The van der Waals surface area contributed by atoms with Gasteiger partial charge in [0.15, 0.2) is 5.82 Å². The zero-order chi connectivity index (χ0) is 12.6. The second-order valence-electron chi connectivity index (χ2n) is 4.13. The number of hydrogen-bond acceptors (Lipinski definition) is 5. The number of nitrogens with one attached hydrogen (secondary N) is 2. The van der Waals surface area contributed by atoms with E-state index in [2.05, 4.69) is 27.2 Å². The molecule has 6 heteroatoms. The molecule has 0 aliphatic rings. The lowest BCUT2D eigenvalue weighted by molar-refractivity contribution is 0.882. The van der Waals surface area contributed by atoms with Crippen molar-refractivity contribution >= 4 is 23.0 Å². The van der Waals surface area contributed by atoms with Gasteiger partial charge in [-0.3, -0.25) is 0 Å². The van der Waals surface area contributed by atoms with Crippen molar-refractivity contribution in [3.05, 3.63) is 21.4 Å². The Balaban J connectivity index is 2.19. The zero-order valence-corrected chi connectivity index (χ0v) is 11.3. The first kappa shape index (κ1) is 11.9. The summed E-state index contributed by atoms with van der Waals surface area (Å²) in [6, 6.07) is 0.159. The number of imidazole rings is 1. The van der Waals surface area contributed by atoms with Gasteiger partial charge < -0.3 is 16.0 Å². The highest BCUT2D eigenvalue weighted by Gasteiger charge is 2.15. The van der Waals surface area contributed by atoms with Gasteiger partial charge in [0.05, 0.1) is 16.7 Å². The molecule has 5 nitrogen and oxygen atoms in total. The Morgan fingerprint density at radius 3 is 2.47 bits per heavy atom. The molecule has 92 valence electrons. The van der Waals surface area contributed by atoms with Gasteiger partial charge in [-0.15, -0.1) is 11.3 Å².